The SMILES string of the molecule is CCCN=C(SC)N(CCC)C(C)=O. The Hall–Kier alpha value is -0.510. The summed E-state index contributed by atoms with van der Waals surface area (Å²) in [4.78, 5) is 17.5. The second kappa shape index (κ2) is 7.85. The van der Waals surface area contributed by atoms with Crippen molar-refractivity contribution < 1.29 is 4.79 Å². The molecule has 0 aliphatic carbocycles. The summed E-state index contributed by atoms with van der Waals surface area (Å²) in [6, 6.07) is 0. The first-order chi connectivity index (χ1) is 6.67. The van der Waals surface area contributed by atoms with Crippen LogP contribution in [0.5, 0.6) is 0 Å². The molecule has 82 valence electrons. The molecule has 1 amide bonds. The van der Waals surface area contributed by atoms with E-state index in [-0.39, 0.29) is 5.91 Å². The summed E-state index contributed by atoms with van der Waals surface area (Å²) in [5, 5.41) is 0.848. The Morgan fingerprint density at radius 1 is 1.36 bits per heavy atom. The number of rotatable bonds is 4. The number of carbonyl (C=O) groups excluding carboxylic acids is 1. The summed E-state index contributed by atoms with van der Waals surface area (Å²) < 4.78 is 0. The zero-order valence-electron chi connectivity index (χ0n) is 9.54. The van der Waals surface area contributed by atoms with Crippen LogP contribution >= 0.6 is 11.8 Å². The van der Waals surface area contributed by atoms with E-state index in [1.165, 1.54) is 0 Å². The standard InChI is InChI=1S/C10H20N2OS/c1-5-7-11-10(14-4)12(8-6-2)9(3)13/h5-8H2,1-4H3. The third-order valence-electron chi connectivity index (χ3n) is 1.71. The first-order valence-electron chi connectivity index (χ1n) is 5.03. The lowest BCUT2D eigenvalue weighted by atomic mass is 10.4. The molecule has 14 heavy (non-hydrogen) atoms. The molecule has 0 rings (SSSR count). The molecule has 0 aliphatic heterocycles. The molecule has 0 aromatic carbocycles. The number of amides is 1. The normalized spacial score (nSPS) is 11.6. The molecule has 0 fully saturated rings. The fourth-order valence-corrected chi connectivity index (χ4v) is 1.74. The second-order valence-corrected chi connectivity index (χ2v) is 3.81. The third-order valence-corrected chi connectivity index (χ3v) is 2.43. The van der Waals surface area contributed by atoms with E-state index in [1.807, 2.05) is 6.26 Å². The van der Waals surface area contributed by atoms with Crippen molar-refractivity contribution in [1.82, 2.24) is 4.90 Å². The molecule has 0 aromatic rings. The van der Waals surface area contributed by atoms with Gasteiger partial charge in [0.25, 0.3) is 0 Å². The minimum absolute atomic E-state index is 0.0797. The molecule has 0 heterocycles. The first-order valence-corrected chi connectivity index (χ1v) is 6.26. The lowest BCUT2D eigenvalue weighted by molar-refractivity contribution is -0.124. The Kier molecular flexibility index (Phi) is 7.57. The van der Waals surface area contributed by atoms with E-state index in [9.17, 15) is 4.79 Å². The molecule has 0 atom stereocenters. The summed E-state index contributed by atoms with van der Waals surface area (Å²) in [6.45, 7) is 7.29. The number of hydrogen-bond acceptors (Lipinski definition) is 3. The Balaban J connectivity index is 4.49. The largest absolute Gasteiger partial charge is 0.292 e. The summed E-state index contributed by atoms with van der Waals surface area (Å²) in [5.41, 5.74) is 0. The topological polar surface area (TPSA) is 32.7 Å². The maximum atomic E-state index is 11.3. The number of thioether (sulfide) groups is 1. The van der Waals surface area contributed by atoms with Gasteiger partial charge < -0.3 is 0 Å². The predicted molar refractivity (Wildman–Crippen MR) is 63.8 cm³/mol. The summed E-state index contributed by atoms with van der Waals surface area (Å²) in [7, 11) is 0. The van der Waals surface area contributed by atoms with Crippen molar-refractivity contribution in [2.75, 3.05) is 19.3 Å². The van der Waals surface area contributed by atoms with Gasteiger partial charge >= 0.3 is 0 Å². The molecule has 0 aliphatic rings. The predicted octanol–water partition coefficient (Wildman–Crippen LogP) is 2.37. The van der Waals surface area contributed by atoms with Crippen LogP contribution in [0, 0.1) is 0 Å². The highest BCUT2D eigenvalue weighted by Crippen LogP contribution is 2.07. The third kappa shape index (κ3) is 4.65. The zero-order valence-corrected chi connectivity index (χ0v) is 10.4. The molecule has 3 nitrogen and oxygen atoms in total. The molecule has 0 radical (unpaired) electrons. The van der Waals surface area contributed by atoms with E-state index in [0.29, 0.717) is 0 Å². The maximum absolute atomic E-state index is 11.3. The highest BCUT2D eigenvalue weighted by molar-refractivity contribution is 8.13. The van der Waals surface area contributed by atoms with Crippen LogP contribution in [0.2, 0.25) is 0 Å². The van der Waals surface area contributed by atoms with Gasteiger partial charge in [-0.3, -0.25) is 14.7 Å². The van der Waals surface area contributed by atoms with E-state index in [2.05, 4.69) is 18.8 Å². The van der Waals surface area contributed by atoms with Gasteiger partial charge in [-0.15, -0.1) is 0 Å². The zero-order chi connectivity index (χ0) is 11.0. The van der Waals surface area contributed by atoms with Gasteiger partial charge in [0.1, 0.15) is 0 Å². The molecule has 0 saturated carbocycles. The van der Waals surface area contributed by atoms with E-state index in [0.717, 1.165) is 31.1 Å². The number of hydrogen-bond donors (Lipinski definition) is 0. The number of amidine groups is 1. The maximum Gasteiger partial charge on any atom is 0.225 e. The fourth-order valence-electron chi connectivity index (χ4n) is 1.08. The van der Waals surface area contributed by atoms with Crippen LogP contribution < -0.4 is 0 Å². The van der Waals surface area contributed by atoms with E-state index in [4.69, 9.17) is 0 Å². The quantitative estimate of drug-likeness (QED) is 0.534. The number of carbonyl (C=O) groups is 1. The van der Waals surface area contributed by atoms with Crippen LogP contribution in [0.4, 0.5) is 0 Å². The van der Waals surface area contributed by atoms with Crippen molar-refractivity contribution in [2.45, 2.75) is 33.6 Å². The Morgan fingerprint density at radius 2 is 2.00 bits per heavy atom. The van der Waals surface area contributed by atoms with E-state index in [1.54, 1.807) is 23.6 Å². The van der Waals surface area contributed by atoms with Gasteiger partial charge in [0.15, 0.2) is 5.17 Å². The molecular formula is C10H20N2OS. The van der Waals surface area contributed by atoms with E-state index >= 15 is 0 Å². The van der Waals surface area contributed by atoms with Crippen molar-refractivity contribution in [2.24, 2.45) is 4.99 Å². The second-order valence-electron chi connectivity index (χ2n) is 3.04. The van der Waals surface area contributed by atoms with Crippen molar-refractivity contribution in [3.63, 3.8) is 0 Å². The monoisotopic (exact) mass is 216 g/mol. The molecule has 0 unspecified atom stereocenters. The van der Waals surface area contributed by atoms with Crippen molar-refractivity contribution >= 4 is 22.8 Å². The summed E-state index contributed by atoms with van der Waals surface area (Å²) in [5.74, 6) is 0.0797. The summed E-state index contributed by atoms with van der Waals surface area (Å²) >= 11 is 1.54. The van der Waals surface area contributed by atoms with Crippen molar-refractivity contribution in [3.05, 3.63) is 0 Å². The lowest BCUT2D eigenvalue weighted by Gasteiger charge is -2.20. The Bertz CT molecular complexity index is 204. The highest BCUT2D eigenvalue weighted by atomic mass is 32.2. The molecule has 0 N–H and O–H groups in total. The average Bonchev–Trinajstić information content (AvgIpc) is 2.17. The van der Waals surface area contributed by atoms with Gasteiger partial charge in [0.05, 0.1) is 0 Å². The van der Waals surface area contributed by atoms with Crippen molar-refractivity contribution in [1.29, 1.82) is 0 Å². The molecule has 0 spiro atoms. The van der Waals surface area contributed by atoms with Crippen molar-refractivity contribution in [3.8, 4) is 0 Å². The van der Waals surface area contributed by atoms with Gasteiger partial charge in [-0.1, -0.05) is 25.6 Å². The van der Waals surface area contributed by atoms with Crippen LogP contribution in [0.15, 0.2) is 4.99 Å². The highest BCUT2D eigenvalue weighted by Gasteiger charge is 2.13. The Labute approximate surface area is 91.0 Å². The molecule has 0 bridgehead atoms. The van der Waals surface area contributed by atoms with Crippen LogP contribution in [-0.4, -0.2) is 35.3 Å². The van der Waals surface area contributed by atoms with Gasteiger partial charge in [0.2, 0.25) is 5.91 Å². The fraction of sp³-hybridized carbons (Fsp3) is 0.800. The smallest absolute Gasteiger partial charge is 0.225 e. The minimum atomic E-state index is 0.0797. The minimum Gasteiger partial charge on any atom is -0.292 e. The van der Waals surface area contributed by atoms with Crippen LogP contribution in [0.1, 0.15) is 33.6 Å². The van der Waals surface area contributed by atoms with Gasteiger partial charge in [-0.2, -0.15) is 0 Å². The first kappa shape index (κ1) is 13.5. The molecular weight excluding hydrogens is 196 g/mol. The van der Waals surface area contributed by atoms with Crippen LogP contribution in [0.25, 0.3) is 0 Å². The average molecular weight is 216 g/mol. The van der Waals surface area contributed by atoms with Gasteiger partial charge in [-0.25, -0.2) is 0 Å². The van der Waals surface area contributed by atoms with Gasteiger partial charge in [-0.05, 0) is 19.1 Å². The van der Waals surface area contributed by atoms with Crippen LogP contribution in [-0.2, 0) is 4.79 Å². The molecule has 4 heteroatoms. The lowest BCUT2D eigenvalue weighted by Crippen LogP contribution is -2.34. The van der Waals surface area contributed by atoms with Gasteiger partial charge in [0, 0.05) is 20.0 Å². The number of nitrogens with zero attached hydrogens (tertiary/aromatic N) is 2. The molecule has 0 saturated heterocycles. The van der Waals surface area contributed by atoms with Crippen LogP contribution in [0.3, 0.4) is 0 Å². The number of aliphatic imine (C=N–C) groups is 1. The summed E-state index contributed by atoms with van der Waals surface area (Å²) in [6.07, 6.45) is 3.94. The molecule has 0 aromatic heterocycles. The van der Waals surface area contributed by atoms with E-state index < -0.39 is 0 Å². The Morgan fingerprint density at radius 3 is 2.36 bits per heavy atom.